The highest BCUT2D eigenvalue weighted by molar-refractivity contribution is 7.50. The van der Waals surface area contributed by atoms with Crippen LogP contribution in [0.25, 0.3) is 0 Å². The van der Waals surface area contributed by atoms with E-state index in [1.54, 1.807) is 0 Å². The molecule has 258 valence electrons. The minimum atomic E-state index is -4.14. The summed E-state index contributed by atoms with van der Waals surface area (Å²) in [7, 11) is -4.14. The van der Waals surface area contributed by atoms with Gasteiger partial charge in [-0.3, -0.25) is 4.52 Å². The van der Waals surface area contributed by atoms with Crippen LogP contribution in [0.2, 0.25) is 0 Å². The van der Waals surface area contributed by atoms with Crippen molar-refractivity contribution in [2.24, 2.45) is 5.50 Å². The summed E-state index contributed by atoms with van der Waals surface area (Å²) >= 11 is 0. The van der Waals surface area contributed by atoms with Gasteiger partial charge < -0.3 is 4.89 Å². The molecule has 5 heteroatoms. The first-order valence-corrected chi connectivity index (χ1v) is 20.6. The van der Waals surface area contributed by atoms with Gasteiger partial charge in [0.05, 0.1) is 0 Å². The number of rotatable bonds is 34. The molecule has 0 saturated carbocycles. The first-order valence-electron chi connectivity index (χ1n) is 19.0. The Bertz CT molecular complexity index is 709. The van der Waals surface area contributed by atoms with E-state index in [0.29, 0.717) is 12.8 Å². The van der Waals surface area contributed by atoms with Crippen LogP contribution < -0.4 is 5.50 Å². The van der Waals surface area contributed by atoms with E-state index in [0.717, 1.165) is 38.5 Å². The molecule has 44 heavy (non-hydrogen) atoms. The molecule has 3 N–H and O–H groups in total. The van der Waals surface area contributed by atoms with Gasteiger partial charge >= 0.3 is 7.75 Å². The standard InChI is InChI=1S/C39H74NO3P/c1-4-7-9-11-13-15-17-19-21-23-25-27-29-31-33-35-37-39(6-3,43-44(40,41)42)38-36-34-32-30-28-26-24-22-20-18-16-14-12-10-8-5-2/h3,19-22H,4-5,7-18,23-38H2,1-2H3,(H3,40,41,42)/b21-19-,22-20-. The van der Waals surface area contributed by atoms with Gasteiger partial charge in [0.25, 0.3) is 0 Å². The lowest BCUT2D eigenvalue weighted by Crippen LogP contribution is -2.31. The average molecular weight is 636 g/mol. The molecule has 0 heterocycles. The molecular formula is C39H74NO3P. The Labute approximate surface area is 275 Å². The summed E-state index contributed by atoms with van der Waals surface area (Å²) in [5.41, 5.74) is 4.37. The molecule has 0 aromatic carbocycles. The zero-order valence-corrected chi connectivity index (χ0v) is 30.3. The molecule has 0 aliphatic heterocycles. The van der Waals surface area contributed by atoms with Gasteiger partial charge in [0.2, 0.25) is 0 Å². The van der Waals surface area contributed by atoms with Crippen molar-refractivity contribution in [2.45, 2.75) is 212 Å². The first-order chi connectivity index (χ1) is 21.4. The molecule has 0 fully saturated rings. The van der Waals surface area contributed by atoms with Gasteiger partial charge in [-0.2, -0.15) is 0 Å². The van der Waals surface area contributed by atoms with Crippen molar-refractivity contribution < 1.29 is 14.0 Å². The van der Waals surface area contributed by atoms with Crippen LogP contribution in [0.1, 0.15) is 206 Å². The summed E-state index contributed by atoms with van der Waals surface area (Å²) in [5, 5.41) is 0. The van der Waals surface area contributed by atoms with E-state index < -0.39 is 13.3 Å². The summed E-state index contributed by atoms with van der Waals surface area (Å²) in [4.78, 5) is 9.76. The van der Waals surface area contributed by atoms with E-state index in [1.807, 2.05) is 0 Å². The normalized spacial score (nSPS) is 13.6. The topological polar surface area (TPSA) is 72.5 Å². The fourth-order valence-electron chi connectivity index (χ4n) is 5.95. The second-order valence-corrected chi connectivity index (χ2v) is 14.5. The van der Waals surface area contributed by atoms with Gasteiger partial charge in [-0.25, -0.2) is 10.1 Å². The van der Waals surface area contributed by atoms with Crippen molar-refractivity contribution in [3.05, 3.63) is 24.3 Å². The van der Waals surface area contributed by atoms with Crippen LogP contribution in [0.5, 0.6) is 0 Å². The van der Waals surface area contributed by atoms with Gasteiger partial charge in [0, 0.05) is 0 Å². The summed E-state index contributed by atoms with van der Waals surface area (Å²) in [6, 6.07) is 0. The van der Waals surface area contributed by atoms with Gasteiger partial charge in [-0.1, -0.05) is 160 Å². The second-order valence-electron chi connectivity index (χ2n) is 13.2. The van der Waals surface area contributed by atoms with Crippen LogP contribution in [-0.4, -0.2) is 10.5 Å². The SMILES string of the molecule is C#CC(CCCCCCCC/C=C\CCCCCCCC)(CCCCCCCC/C=C\CCCCCCCC)OP(N)(=O)O. The lowest BCUT2D eigenvalue weighted by molar-refractivity contribution is 0.0878. The number of hydrogen-bond acceptors (Lipinski definition) is 2. The van der Waals surface area contributed by atoms with E-state index in [9.17, 15) is 9.46 Å². The highest BCUT2D eigenvalue weighted by Crippen LogP contribution is 2.42. The molecule has 1 unspecified atom stereocenters. The van der Waals surface area contributed by atoms with Crippen LogP contribution in [0.15, 0.2) is 24.3 Å². The largest absolute Gasteiger partial charge is 0.401 e. The van der Waals surface area contributed by atoms with Crippen LogP contribution in [-0.2, 0) is 9.09 Å². The molecule has 0 aliphatic rings. The molecule has 0 aromatic heterocycles. The summed E-state index contributed by atoms with van der Waals surface area (Å²) in [6.45, 7) is 4.54. The predicted molar refractivity (Wildman–Crippen MR) is 195 cm³/mol. The van der Waals surface area contributed by atoms with Crippen molar-refractivity contribution in [3.63, 3.8) is 0 Å². The van der Waals surface area contributed by atoms with Crippen molar-refractivity contribution >= 4 is 7.75 Å². The number of nitrogens with two attached hydrogens (primary N) is 1. The van der Waals surface area contributed by atoms with Gasteiger partial charge in [0.15, 0.2) is 0 Å². The molecule has 4 nitrogen and oxygen atoms in total. The van der Waals surface area contributed by atoms with Crippen LogP contribution >= 0.6 is 7.75 Å². The Morgan fingerprint density at radius 2 is 0.841 bits per heavy atom. The second kappa shape index (κ2) is 32.1. The Kier molecular flexibility index (Phi) is 31.5. The molecule has 0 aromatic rings. The Morgan fingerprint density at radius 3 is 1.11 bits per heavy atom. The third-order valence-electron chi connectivity index (χ3n) is 8.75. The van der Waals surface area contributed by atoms with Gasteiger partial charge in [-0.05, 0) is 77.0 Å². The molecule has 0 bridgehead atoms. The Balaban J connectivity index is 3.96. The Morgan fingerprint density at radius 1 is 0.568 bits per heavy atom. The fourth-order valence-corrected chi connectivity index (χ4v) is 6.69. The van der Waals surface area contributed by atoms with Crippen molar-refractivity contribution in [1.29, 1.82) is 0 Å². The van der Waals surface area contributed by atoms with Crippen molar-refractivity contribution in [1.82, 2.24) is 0 Å². The third-order valence-corrected chi connectivity index (χ3v) is 9.36. The molecular weight excluding hydrogens is 561 g/mol. The maximum Gasteiger partial charge on any atom is 0.401 e. The summed E-state index contributed by atoms with van der Waals surface area (Å²) in [5.74, 6) is 2.73. The number of allylic oxidation sites excluding steroid dienone is 4. The van der Waals surface area contributed by atoms with Gasteiger partial charge in [0.1, 0.15) is 5.60 Å². The molecule has 1 atom stereocenters. The van der Waals surface area contributed by atoms with Crippen LogP contribution in [0.3, 0.4) is 0 Å². The average Bonchev–Trinajstić information content (AvgIpc) is 2.99. The first kappa shape index (κ1) is 43.1. The minimum absolute atomic E-state index is 0.595. The highest BCUT2D eigenvalue weighted by Gasteiger charge is 2.34. The van der Waals surface area contributed by atoms with Crippen molar-refractivity contribution in [3.8, 4) is 12.3 Å². The third kappa shape index (κ3) is 31.1. The zero-order chi connectivity index (χ0) is 32.5. The van der Waals surface area contributed by atoms with E-state index in [1.165, 1.54) is 141 Å². The monoisotopic (exact) mass is 636 g/mol. The molecule has 0 rings (SSSR count). The summed E-state index contributed by atoms with van der Waals surface area (Å²) in [6.07, 6.45) is 51.4. The molecule has 0 radical (unpaired) electrons. The van der Waals surface area contributed by atoms with Crippen molar-refractivity contribution in [2.75, 3.05) is 0 Å². The minimum Gasteiger partial charge on any atom is -0.313 e. The number of hydrogen-bond donors (Lipinski definition) is 2. The van der Waals surface area contributed by atoms with E-state index >= 15 is 0 Å². The lowest BCUT2D eigenvalue weighted by Gasteiger charge is -2.29. The Hall–Kier alpha value is -0.850. The van der Waals surface area contributed by atoms with E-state index in [2.05, 4.69) is 44.1 Å². The zero-order valence-electron chi connectivity index (χ0n) is 29.4. The summed E-state index contributed by atoms with van der Waals surface area (Å²) < 4.78 is 17.4. The molecule has 0 aliphatic carbocycles. The molecule has 0 spiro atoms. The lowest BCUT2D eigenvalue weighted by atomic mass is 9.90. The van der Waals surface area contributed by atoms with Gasteiger partial charge in [-0.15, -0.1) is 6.42 Å². The quantitative estimate of drug-likeness (QED) is 0.0319. The fraction of sp³-hybridized carbons (Fsp3) is 0.846. The van der Waals surface area contributed by atoms with E-state index in [-0.39, 0.29) is 0 Å². The predicted octanol–water partition coefficient (Wildman–Crippen LogP) is 13.3. The van der Waals surface area contributed by atoms with Crippen LogP contribution in [0, 0.1) is 12.3 Å². The smallest absolute Gasteiger partial charge is 0.313 e. The number of terminal acetylenes is 1. The molecule has 0 amide bonds. The molecule has 0 saturated heterocycles. The number of unbranched alkanes of at least 4 members (excludes halogenated alkanes) is 24. The maximum absolute atomic E-state index is 11.9. The van der Waals surface area contributed by atoms with E-state index in [4.69, 9.17) is 16.5 Å². The van der Waals surface area contributed by atoms with Crippen LogP contribution in [0.4, 0.5) is 0 Å². The highest BCUT2D eigenvalue weighted by atomic mass is 31.2. The maximum atomic E-state index is 11.9.